The smallest absolute Gasteiger partial charge is 0.0201 e. The van der Waals surface area contributed by atoms with Gasteiger partial charge in [0.15, 0.2) is 0 Å². The summed E-state index contributed by atoms with van der Waals surface area (Å²) < 4.78 is 0. The maximum Gasteiger partial charge on any atom is 0.0201 e. The second-order valence-corrected chi connectivity index (χ2v) is 5.88. The molecule has 3 unspecified atom stereocenters. The molecule has 1 nitrogen and oxygen atoms in total. The van der Waals surface area contributed by atoms with E-state index in [1.807, 2.05) is 0 Å². The molecule has 1 rings (SSSR count). The van der Waals surface area contributed by atoms with Crippen molar-refractivity contribution >= 4 is 11.8 Å². The quantitative estimate of drug-likeness (QED) is 0.745. The summed E-state index contributed by atoms with van der Waals surface area (Å²) in [6.07, 6.45) is 10.6. The van der Waals surface area contributed by atoms with Gasteiger partial charge in [-0.3, -0.25) is 0 Å². The average Bonchev–Trinajstić information content (AvgIpc) is 2.27. The van der Waals surface area contributed by atoms with E-state index in [-0.39, 0.29) is 0 Å². The van der Waals surface area contributed by atoms with Crippen molar-refractivity contribution < 1.29 is 0 Å². The van der Waals surface area contributed by atoms with E-state index >= 15 is 0 Å². The van der Waals surface area contributed by atoms with Gasteiger partial charge in [0.1, 0.15) is 0 Å². The van der Waals surface area contributed by atoms with Gasteiger partial charge in [-0.1, -0.05) is 26.7 Å². The van der Waals surface area contributed by atoms with Crippen molar-refractivity contribution in [1.82, 2.24) is 5.32 Å². The highest BCUT2D eigenvalue weighted by Crippen LogP contribution is 2.33. The Hall–Kier alpha value is 0.310. The molecule has 0 spiro atoms. The highest BCUT2D eigenvalue weighted by Gasteiger charge is 2.28. The first-order valence-electron chi connectivity index (χ1n) is 6.57. The summed E-state index contributed by atoms with van der Waals surface area (Å²) in [6.45, 7) is 5.76. The Morgan fingerprint density at radius 3 is 2.60 bits per heavy atom. The van der Waals surface area contributed by atoms with Gasteiger partial charge < -0.3 is 5.32 Å². The van der Waals surface area contributed by atoms with Crippen LogP contribution in [-0.2, 0) is 0 Å². The van der Waals surface area contributed by atoms with Crippen LogP contribution in [0.25, 0.3) is 0 Å². The third-order valence-electron chi connectivity index (χ3n) is 3.56. The fourth-order valence-electron chi connectivity index (χ4n) is 2.71. The standard InChI is InChI=1S/C13H27NS/c1-4-6-11-7-8-12(14-9-5-2)13(10-11)15-3/h11-14H,4-10H2,1-3H3. The average molecular weight is 229 g/mol. The van der Waals surface area contributed by atoms with Crippen LogP contribution >= 0.6 is 11.8 Å². The topological polar surface area (TPSA) is 12.0 Å². The minimum Gasteiger partial charge on any atom is -0.313 e. The molecule has 0 bridgehead atoms. The molecule has 3 atom stereocenters. The van der Waals surface area contributed by atoms with E-state index in [0.29, 0.717) is 0 Å². The van der Waals surface area contributed by atoms with Gasteiger partial charge >= 0.3 is 0 Å². The van der Waals surface area contributed by atoms with E-state index in [0.717, 1.165) is 17.2 Å². The van der Waals surface area contributed by atoms with E-state index in [9.17, 15) is 0 Å². The fraction of sp³-hybridized carbons (Fsp3) is 1.00. The molecule has 1 fully saturated rings. The minimum absolute atomic E-state index is 0.785. The summed E-state index contributed by atoms with van der Waals surface area (Å²) in [5.74, 6) is 1.01. The molecule has 0 radical (unpaired) electrons. The van der Waals surface area contributed by atoms with Crippen LogP contribution in [0.3, 0.4) is 0 Å². The second kappa shape index (κ2) is 7.56. The van der Waals surface area contributed by atoms with Gasteiger partial charge in [-0.25, -0.2) is 0 Å². The molecule has 1 N–H and O–H groups in total. The number of hydrogen-bond donors (Lipinski definition) is 1. The van der Waals surface area contributed by atoms with Gasteiger partial charge in [0.05, 0.1) is 0 Å². The van der Waals surface area contributed by atoms with Gasteiger partial charge in [0.2, 0.25) is 0 Å². The van der Waals surface area contributed by atoms with Crippen molar-refractivity contribution in [3.8, 4) is 0 Å². The maximum atomic E-state index is 3.71. The lowest BCUT2D eigenvalue weighted by atomic mass is 9.83. The fourth-order valence-corrected chi connectivity index (χ4v) is 3.73. The van der Waals surface area contributed by atoms with Crippen LogP contribution < -0.4 is 5.32 Å². The van der Waals surface area contributed by atoms with Crippen molar-refractivity contribution in [3.05, 3.63) is 0 Å². The van der Waals surface area contributed by atoms with Gasteiger partial charge in [-0.15, -0.1) is 0 Å². The first-order chi connectivity index (χ1) is 7.31. The molecule has 0 saturated heterocycles. The maximum absolute atomic E-state index is 3.71. The van der Waals surface area contributed by atoms with Crippen LogP contribution in [0.2, 0.25) is 0 Å². The third kappa shape index (κ3) is 4.36. The molecule has 2 heteroatoms. The molecule has 0 aromatic rings. The molecule has 0 aromatic carbocycles. The van der Waals surface area contributed by atoms with Crippen LogP contribution in [-0.4, -0.2) is 24.1 Å². The van der Waals surface area contributed by atoms with Crippen LogP contribution in [0.4, 0.5) is 0 Å². The van der Waals surface area contributed by atoms with Crippen molar-refractivity contribution in [1.29, 1.82) is 0 Å². The highest BCUT2D eigenvalue weighted by molar-refractivity contribution is 7.99. The molecular weight excluding hydrogens is 202 g/mol. The summed E-state index contributed by atoms with van der Waals surface area (Å²) in [5, 5.41) is 4.58. The lowest BCUT2D eigenvalue weighted by Gasteiger charge is -2.36. The lowest BCUT2D eigenvalue weighted by Crippen LogP contribution is -2.42. The molecule has 1 saturated carbocycles. The summed E-state index contributed by atoms with van der Waals surface area (Å²) in [4.78, 5) is 0. The zero-order valence-corrected chi connectivity index (χ0v) is 11.4. The molecule has 1 aliphatic carbocycles. The number of nitrogens with one attached hydrogen (secondary N) is 1. The van der Waals surface area contributed by atoms with Gasteiger partial charge in [0, 0.05) is 11.3 Å². The van der Waals surface area contributed by atoms with Crippen molar-refractivity contribution in [2.45, 2.75) is 63.7 Å². The van der Waals surface area contributed by atoms with Gasteiger partial charge in [-0.2, -0.15) is 11.8 Å². The van der Waals surface area contributed by atoms with E-state index in [1.165, 1.54) is 45.1 Å². The van der Waals surface area contributed by atoms with E-state index in [2.05, 4.69) is 37.2 Å². The SMILES string of the molecule is CCCNC1CCC(CCC)CC1SC. The van der Waals surface area contributed by atoms with Gasteiger partial charge in [0.25, 0.3) is 0 Å². The highest BCUT2D eigenvalue weighted by atomic mass is 32.2. The number of hydrogen-bond acceptors (Lipinski definition) is 2. The van der Waals surface area contributed by atoms with Crippen LogP contribution in [0, 0.1) is 5.92 Å². The molecule has 0 amide bonds. The predicted molar refractivity (Wildman–Crippen MR) is 71.6 cm³/mol. The van der Waals surface area contributed by atoms with Crippen molar-refractivity contribution in [2.75, 3.05) is 12.8 Å². The number of thioether (sulfide) groups is 1. The normalized spacial score (nSPS) is 31.8. The first-order valence-corrected chi connectivity index (χ1v) is 7.86. The molecule has 0 heterocycles. The number of rotatable bonds is 6. The Kier molecular flexibility index (Phi) is 6.74. The molecule has 90 valence electrons. The van der Waals surface area contributed by atoms with Crippen molar-refractivity contribution in [3.63, 3.8) is 0 Å². The zero-order valence-electron chi connectivity index (χ0n) is 10.6. The Morgan fingerprint density at radius 2 is 2.00 bits per heavy atom. The Labute approximate surface area is 99.8 Å². The van der Waals surface area contributed by atoms with Crippen LogP contribution in [0.5, 0.6) is 0 Å². The molecule has 0 aliphatic heterocycles. The van der Waals surface area contributed by atoms with Crippen LogP contribution in [0.15, 0.2) is 0 Å². The summed E-state index contributed by atoms with van der Waals surface area (Å²) in [6, 6.07) is 0.785. The predicted octanol–water partition coefficient (Wildman–Crippen LogP) is 3.69. The van der Waals surface area contributed by atoms with Gasteiger partial charge in [-0.05, 0) is 44.4 Å². The Balaban J connectivity index is 2.34. The van der Waals surface area contributed by atoms with E-state index < -0.39 is 0 Å². The molecule has 0 aromatic heterocycles. The first kappa shape index (κ1) is 13.4. The molecular formula is C13H27NS. The summed E-state index contributed by atoms with van der Waals surface area (Å²) in [7, 11) is 0. The second-order valence-electron chi connectivity index (χ2n) is 4.80. The monoisotopic (exact) mass is 229 g/mol. The van der Waals surface area contributed by atoms with E-state index in [1.54, 1.807) is 0 Å². The van der Waals surface area contributed by atoms with E-state index in [4.69, 9.17) is 0 Å². The zero-order chi connectivity index (χ0) is 11.1. The largest absolute Gasteiger partial charge is 0.313 e. The lowest BCUT2D eigenvalue weighted by molar-refractivity contribution is 0.287. The Morgan fingerprint density at radius 1 is 1.20 bits per heavy atom. The third-order valence-corrected chi connectivity index (χ3v) is 4.68. The Bertz CT molecular complexity index is 161. The summed E-state index contributed by atoms with van der Waals surface area (Å²) in [5.41, 5.74) is 0. The van der Waals surface area contributed by atoms with Crippen LogP contribution in [0.1, 0.15) is 52.4 Å². The molecule has 1 aliphatic rings. The minimum atomic E-state index is 0.785. The molecule has 15 heavy (non-hydrogen) atoms. The van der Waals surface area contributed by atoms with Crippen molar-refractivity contribution in [2.24, 2.45) is 5.92 Å². The summed E-state index contributed by atoms with van der Waals surface area (Å²) >= 11 is 2.07.